The first-order valence-corrected chi connectivity index (χ1v) is 11.7. The third-order valence-corrected chi connectivity index (χ3v) is 5.59. The van der Waals surface area contributed by atoms with E-state index < -0.39 is 5.60 Å². The lowest BCUT2D eigenvalue weighted by molar-refractivity contribution is 0.00578. The van der Waals surface area contributed by atoms with E-state index in [-0.39, 0.29) is 24.4 Å². The summed E-state index contributed by atoms with van der Waals surface area (Å²) >= 11 is 0. The van der Waals surface area contributed by atoms with Gasteiger partial charge in [-0.25, -0.2) is 9.78 Å². The number of fused-ring (bicyclic) bond motifs is 1. The van der Waals surface area contributed by atoms with Crippen LogP contribution in [-0.4, -0.2) is 46.5 Å². The first kappa shape index (κ1) is 26.2. The summed E-state index contributed by atoms with van der Waals surface area (Å²) in [5.74, 6) is 0.938. The van der Waals surface area contributed by atoms with E-state index in [1.807, 2.05) is 46.8 Å². The van der Waals surface area contributed by atoms with Crippen LogP contribution >= 0.6 is 0 Å². The van der Waals surface area contributed by atoms with Crippen LogP contribution in [0.5, 0.6) is 0 Å². The van der Waals surface area contributed by atoms with Gasteiger partial charge in [-0.15, -0.1) is 0 Å². The third-order valence-electron chi connectivity index (χ3n) is 5.59. The van der Waals surface area contributed by atoms with Gasteiger partial charge in [0.1, 0.15) is 11.4 Å². The second-order valence-corrected chi connectivity index (χ2v) is 9.93. The molecule has 32 heavy (non-hydrogen) atoms. The predicted octanol–water partition coefficient (Wildman–Crippen LogP) is 4.74. The van der Waals surface area contributed by atoms with Crippen molar-refractivity contribution in [3.8, 4) is 0 Å². The lowest BCUT2D eigenvalue weighted by Crippen LogP contribution is -2.41. The summed E-state index contributed by atoms with van der Waals surface area (Å²) in [6.45, 7) is 18.4. The minimum absolute atomic E-state index is 0.362. The molecule has 1 saturated heterocycles. The SMILES string of the molecule is CC.CC(C)(C)OC(=O)NCCCCc1nc2ccc(B3OC(C)(C)C(C)(C)O3)cc2[nH]1. The maximum atomic E-state index is 11.7. The Morgan fingerprint density at radius 1 is 1.12 bits per heavy atom. The van der Waals surface area contributed by atoms with Crippen molar-refractivity contribution in [1.82, 2.24) is 15.3 Å². The van der Waals surface area contributed by atoms with Crippen molar-refractivity contribution in [3.05, 3.63) is 24.0 Å². The van der Waals surface area contributed by atoms with Gasteiger partial charge in [0.05, 0.1) is 22.2 Å². The average Bonchev–Trinajstić information content (AvgIpc) is 3.17. The zero-order valence-electron chi connectivity index (χ0n) is 21.2. The Morgan fingerprint density at radius 3 is 2.34 bits per heavy atom. The van der Waals surface area contributed by atoms with E-state index in [0.717, 1.165) is 41.6 Å². The number of rotatable bonds is 6. The molecule has 7 nitrogen and oxygen atoms in total. The monoisotopic (exact) mass is 445 g/mol. The van der Waals surface area contributed by atoms with Gasteiger partial charge < -0.3 is 24.3 Å². The van der Waals surface area contributed by atoms with E-state index in [9.17, 15) is 4.79 Å². The van der Waals surface area contributed by atoms with E-state index in [2.05, 4.69) is 49.0 Å². The molecule has 1 amide bonds. The second kappa shape index (κ2) is 10.3. The third kappa shape index (κ3) is 6.72. The van der Waals surface area contributed by atoms with Crippen LogP contribution in [0.3, 0.4) is 0 Å². The fraction of sp³-hybridized carbons (Fsp3) is 0.667. The van der Waals surface area contributed by atoms with Crippen molar-refractivity contribution in [1.29, 1.82) is 0 Å². The van der Waals surface area contributed by atoms with E-state index in [1.54, 1.807) is 0 Å². The maximum absolute atomic E-state index is 11.7. The summed E-state index contributed by atoms with van der Waals surface area (Å²) < 4.78 is 17.5. The molecule has 0 bridgehead atoms. The number of hydrogen-bond donors (Lipinski definition) is 2. The Kier molecular flexibility index (Phi) is 8.40. The summed E-state index contributed by atoms with van der Waals surface area (Å²) in [5, 5.41) is 2.78. The van der Waals surface area contributed by atoms with E-state index in [1.165, 1.54) is 0 Å². The van der Waals surface area contributed by atoms with Crippen molar-refractivity contribution in [2.45, 2.75) is 98.4 Å². The summed E-state index contributed by atoms with van der Waals surface area (Å²) in [4.78, 5) is 19.7. The molecule has 0 aliphatic carbocycles. The Hall–Kier alpha value is -2.06. The summed E-state index contributed by atoms with van der Waals surface area (Å²) in [7, 11) is -0.384. The number of carbonyl (C=O) groups excluding carboxylic acids is 1. The smallest absolute Gasteiger partial charge is 0.444 e. The first-order valence-electron chi connectivity index (χ1n) is 11.7. The van der Waals surface area contributed by atoms with Crippen LogP contribution in [0.25, 0.3) is 11.0 Å². The van der Waals surface area contributed by atoms with Gasteiger partial charge in [-0.2, -0.15) is 0 Å². The largest absolute Gasteiger partial charge is 0.494 e. The molecule has 8 heteroatoms. The molecule has 1 aliphatic heterocycles. The molecule has 0 saturated carbocycles. The van der Waals surface area contributed by atoms with E-state index in [4.69, 9.17) is 14.0 Å². The van der Waals surface area contributed by atoms with Crippen LogP contribution < -0.4 is 10.8 Å². The summed E-state index contributed by atoms with van der Waals surface area (Å²) in [6, 6.07) is 6.07. The highest BCUT2D eigenvalue weighted by atomic mass is 16.7. The number of alkyl carbamates (subject to hydrolysis) is 1. The molecule has 1 aliphatic rings. The number of unbranched alkanes of at least 4 members (excludes halogenated alkanes) is 1. The highest BCUT2D eigenvalue weighted by Crippen LogP contribution is 2.36. The fourth-order valence-corrected chi connectivity index (χ4v) is 3.25. The number of H-pyrrole nitrogens is 1. The van der Waals surface area contributed by atoms with Crippen molar-refractivity contribution in [3.63, 3.8) is 0 Å². The molecule has 1 aromatic carbocycles. The van der Waals surface area contributed by atoms with Crippen LogP contribution in [-0.2, 0) is 20.5 Å². The molecule has 0 spiro atoms. The van der Waals surface area contributed by atoms with Crippen LogP contribution in [0.15, 0.2) is 18.2 Å². The number of aryl methyl sites for hydroxylation is 1. The standard InChI is InChI=1S/C22H34BN3O4.C2H6/c1-20(2,3)28-19(27)24-13-9-8-10-18-25-16-12-11-15(14-17(16)26-18)23-29-21(4,5)22(6,7)30-23;1-2/h11-12,14H,8-10,13H2,1-7H3,(H,24,27)(H,25,26);1-2H3. The van der Waals surface area contributed by atoms with Gasteiger partial charge in [-0.1, -0.05) is 19.9 Å². The molecule has 2 N–H and O–H groups in total. The molecule has 3 rings (SSSR count). The number of amides is 1. The van der Waals surface area contributed by atoms with Gasteiger partial charge in [-0.05, 0) is 78.9 Å². The Bertz CT molecular complexity index is 886. The number of hydrogen-bond acceptors (Lipinski definition) is 5. The molecule has 1 aromatic heterocycles. The van der Waals surface area contributed by atoms with Gasteiger partial charge in [0.25, 0.3) is 0 Å². The van der Waals surface area contributed by atoms with Gasteiger partial charge in [-0.3, -0.25) is 0 Å². The lowest BCUT2D eigenvalue weighted by Gasteiger charge is -2.32. The lowest BCUT2D eigenvalue weighted by atomic mass is 9.79. The van der Waals surface area contributed by atoms with Crippen molar-refractivity contribution >= 4 is 29.7 Å². The van der Waals surface area contributed by atoms with Gasteiger partial charge in [0.2, 0.25) is 0 Å². The van der Waals surface area contributed by atoms with Gasteiger partial charge in [0, 0.05) is 13.0 Å². The van der Waals surface area contributed by atoms with Crippen molar-refractivity contribution in [2.75, 3.05) is 6.54 Å². The average molecular weight is 445 g/mol. The molecule has 178 valence electrons. The molecule has 2 heterocycles. The number of ether oxygens (including phenoxy) is 1. The second-order valence-electron chi connectivity index (χ2n) is 9.93. The van der Waals surface area contributed by atoms with Gasteiger partial charge >= 0.3 is 13.2 Å². The molecule has 2 aromatic rings. The molecular weight excluding hydrogens is 405 g/mol. The Morgan fingerprint density at radius 2 is 1.75 bits per heavy atom. The maximum Gasteiger partial charge on any atom is 0.494 e. The number of imidazole rings is 1. The zero-order chi connectivity index (χ0) is 24.2. The number of nitrogens with zero attached hydrogens (tertiary/aromatic N) is 1. The fourth-order valence-electron chi connectivity index (χ4n) is 3.25. The number of aromatic nitrogens is 2. The van der Waals surface area contributed by atoms with Crippen LogP contribution in [0, 0.1) is 0 Å². The normalized spacial score (nSPS) is 17.1. The highest BCUT2D eigenvalue weighted by Gasteiger charge is 2.51. The number of carbonyl (C=O) groups is 1. The van der Waals surface area contributed by atoms with Crippen LogP contribution in [0.1, 0.15) is 81.0 Å². The molecular formula is C24H40BN3O4. The van der Waals surface area contributed by atoms with Crippen molar-refractivity contribution < 1.29 is 18.8 Å². The van der Waals surface area contributed by atoms with E-state index >= 15 is 0 Å². The molecule has 0 atom stereocenters. The van der Waals surface area contributed by atoms with Gasteiger partial charge in [0.15, 0.2) is 0 Å². The predicted molar refractivity (Wildman–Crippen MR) is 130 cm³/mol. The zero-order valence-corrected chi connectivity index (χ0v) is 21.2. The first-order chi connectivity index (χ1) is 14.9. The Balaban J connectivity index is 0.00000176. The number of benzene rings is 1. The number of aromatic amines is 1. The minimum Gasteiger partial charge on any atom is -0.444 e. The van der Waals surface area contributed by atoms with Crippen LogP contribution in [0.2, 0.25) is 0 Å². The topological polar surface area (TPSA) is 85.5 Å². The highest BCUT2D eigenvalue weighted by molar-refractivity contribution is 6.62. The van der Waals surface area contributed by atoms with Crippen molar-refractivity contribution in [2.24, 2.45) is 0 Å². The molecule has 0 radical (unpaired) electrons. The molecule has 1 fully saturated rings. The number of nitrogens with one attached hydrogen (secondary N) is 2. The minimum atomic E-state index is -0.475. The Labute approximate surface area is 193 Å². The quantitative estimate of drug-likeness (QED) is 0.496. The van der Waals surface area contributed by atoms with Crippen LogP contribution in [0.4, 0.5) is 4.79 Å². The van der Waals surface area contributed by atoms with E-state index in [0.29, 0.717) is 6.54 Å². The molecule has 0 unspecified atom stereocenters. The summed E-state index contributed by atoms with van der Waals surface area (Å²) in [5.41, 5.74) is 1.69. The summed E-state index contributed by atoms with van der Waals surface area (Å²) in [6.07, 6.45) is 2.22.